The van der Waals surface area contributed by atoms with Gasteiger partial charge < -0.3 is 19.5 Å². The van der Waals surface area contributed by atoms with Gasteiger partial charge in [0.05, 0.1) is 26.9 Å². The molecule has 7 heteroatoms. The Balaban J connectivity index is 1.90. The van der Waals surface area contributed by atoms with E-state index in [0.29, 0.717) is 22.6 Å². The average Bonchev–Trinajstić information content (AvgIpc) is 2.71. The number of aliphatic hydroxyl groups is 1. The van der Waals surface area contributed by atoms with Gasteiger partial charge in [-0.05, 0) is 42.0 Å². The zero-order chi connectivity index (χ0) is 20.7. The van der Waals surface area contributed by atoms with Crippen molar-refractivity contribution in [1.29, 1.82) is 0 Å². The third kappa shape index (κ3) is 5.53. The van der Waals surface area contributed by atoms with E-state index in [1.54, 1.807) is 25.2 Å². The lowest BCUT2D eigenvalue weighted by molar-refractivity contribution is -0.131. The van der Waals surface area contributed by atoms with Crippen LogP contribution in [0.4, 0.5) is 4.39 Å². The van der Waals surface area contributed by atoms with Crippen molar-refractivity contribution in [3.8, 4) is 11.5 Å². The molecule has 0 aromatic heterocycles. The summed E-state index contributed by atoms with van der Waals surface area (Å²) in [5, 5.41) is 10.4. The number of ether oxygens (including phenoxy) is 2. The van der Waals surface area contributed by atoms with Crippen molar-refractivity contribution in [3.05, 3.63) is 59.4 Å². The second-order valence-electron chi connectivity index (χ2n) is 6.33. The van der Waals surface area contributed by atoms with Gasteiger partial charge in [-0.25, -0.2) is 4.39 Å². The molecule has 2 rings (SSSR count). The number of hydrogen-bond donors (Lipinski definition) is 1. The van der Waals surface area contributed by atoms with Crippen molar-refractivity contribution in [3.63, 3.8) is 0 Å². The number of Topliss-reactive ketones (excluding diaryl/α,β-unsaturated/α-hetero) is 1. The van der Waals surface area contributed by atoms with Crippen LogP contribution in [0, 0.1) is 5.82 Å². The van der Waals surface area contributed by atoms with E-state index in [4.69, 9.17) is 9.47 Å². The molecule has 2 aromatic rings. The van der Waals surface area contributed by atoms with Crippen molar-refractivity contribution < 1.29 is 28.6 Å². The number of halogens is 1. The number of benzene rings is 2. The van der Waals surface area contributed by atoms with Crippen LogP contribution in [-0.2, 0) is 4.79 Å². The summed E-state index contributed by atoms with van der Waals surface area (Å²) in [6.07, 6.45) is -0.895. The van der Waals surface area contributed by atoms with Gasteiger partial charge in [-0.15, -0.1) is 0 Å². The van der Waals surface area contributed by atoms with Crippen molar-refractivity contribution in [2.24, 2.45) is 0 Å². The second kappa shape index (κ2) is 9.85. The van der Waals surface area contributed by atoms with E-state index in [1.807, 2.05) is 0 Å². The van der Waals surface area contributed by atoms with E-state index >= 15 is 0 Å². The number of amides is 1. The van der Waals surface area contributed by atoms with Crippen LogP contribution in [0.3, 0.4) is 0 Å². The first-order chi connectivity index (χ1) is 13.3. The monoisotopic (exact) mass is 389 g/mol. The van der Waals surface area contributed by atoms with Crippen LogP contribution in [0.2, 0.25) is 0 Å². The first-order valence-corrected chi connectivity index (χ1v) is 8.78. The SMILES string of the molecule is COc1ccc(C(O)CN(C)C(=O)CCC(=O)c2ccc(F)cc2)cc1OC. The largest absolute Gasteiger partial charge is 0.493 e. The highest BCUT2D eigenvalue weighted by Crippen LogP contribution is 2.30. The van der Waals surface area contributed by atoms with Gasteiger partial charge in [0.2, 0.25) is 5.91 Å². The number of ketones is 1. The summed E-state index contributed by atoms with van der Waals surface area (Å²) in [4.78, 5) is 25.7. The van der Waals surface area contributed by atoms with Crippen LogP contribution < -0.4 is 9.47 Å². The van der Waals surface area contributed by atoms with Crippen LogP contribution in [0.15, 0.2) is 42.5 Å². The fraction of sp³-hybridized carbons (Fsp3) is 0.333. The lowest BCUT2D eigenvalue weighted by atomic mass is 10.1. The molecule has 0 aliphatic heterocycles. The topological polar surface area (TPSA) is 76.1 Å². The molecule has 0 saturated heterocycles. The standard InChI is InChI=1S/C21H24FNO5/c1-23(13-18(25)15-6-10-19(27-2)20(12-15)28-3)21(26)11-9-17(24)14-4-7-16(22)8-5-14/h4-8,10,12,18,25H,9,11,13H2,1-3H3. The zero-order valence-corrected chi connectivity index (χ0v) is 16.1. The number of aliphatic hydroxyl groups excluding tert-OH is 1. The minimum atomic E-state index is -0.915. The Kier molecular flexibility index (Phi) is 7.52. The Morgan fingerprint density at radius 3 is 2.29 bits per heavy atom. The molecule has 0 saturated carbocycles. The average molecular weight is 389 g/mol. The van der Waals surface area contributed by atoms with Crippen molar-refractivity contribution in [1.82, 2.24) is 4.90 Å². The smallest absolute Gasteiger partial charge is 0.222 e. The molecular weight excluding hydrogens is 365 g/mol. The number of carbonyl (C=O) groups excluding carboxylic acids is 2. The Morgan fingerprint density at radius 1 is 1.04 bits per heavy atom. The molecule has 1 unspecified atom stereocenters. The van der Waals surface area contributed by atoms with Crippen LogP contribution in [0.1, 0.15) is 34.9 Å². The van der Waals surface area contributed by atoms with E-state index in [0.717, 1.165) is 0 Å². The van der Waals surface area contributed by atoms with Gasteiger partial charge in [-0.1, -0.05) is 6.07 Å². The van der Waals surface area contributed by atoms with E-state index in [2.05, 4.69) is 0 Å². The Labute approximate surface area is 163 Å². The van der Waals surface area contributed by atoms with Crippen LogP contribution in [0.5, 0.6) is 11.5 Å². The number of carbonyl (C=O) groups is 2. The third-order valence-corrected chi connectivity index (χ3v) is 4.40. The van der Waals surface area contributed by atoms with E-state index in [9.17, 15) is 19.1 Å². The highest BCUT2D eigenvalue weighted by Gasteiger charge is 2.18. The van der Waals surface area contributed by atoms with E-state index in [1.165, 1.54) is 43.4 Å². The Morgan fingerprint density at radius 2 is 1.68 bits per heavy atom. The van der Waals surface area contributed by atoms with Crippen LogP contribution in [0.25, 0.3) is 0 Å². The molecule has 0 bridgehead atoms. The van der Waals surface area contributed by atoms with Crippen molar-refractivity contribution >= 4 is 11.7 Å². The van der Waals surface area contributed by atoms with E-state index in [-0.39, 0.29) is 31.1 Å². The van der Waals surface area contributed by atoms with Crippen molar-refractivity contribution in [2.75, 3.05) is 27.8 Å². The molecule has 0 spiro atoms. The fourth-order valence-electron chi connectivity index (χ4n) is 2.72. The summed E-state index contributed by atoms with van der Waals surface area (Å²) in [5.41, 5.74) is 0.946. The molecule has 0 heterocycles. The summed E-state index contributed by atoms with van der Waals surface area (Å²) in [6, 6.07) is 10.2. The van der Waals surface area contributed by atoms with Crippen molar-refractivity contribution in [2.45, 2.75) is 18.9 Å². The fourth-order valence-corrected chi connectivity index (χ4v) is 2.72. The predicted octanol–water partition coefficient (Wildman–Crippen LogP) is 3.00. The van der Waals surface area contributed by atoms with Gasteiger partial charge in [0.1, 0.15) is 5.82 Å². The summed E-state index contributed by atoms with van der Waals surface area (Å²) >= 11 is 0. The molecule has 6 nitrogen and oxygen atoms in total. The van der Waals surface area contributed by atoms with Crippen LogP contribution in [-0.4, -0.2) is 49.5 Å². The minimum Gasteiger partial charge on any atom is -0.493 e. The highest BCUT2D eigenvalue weighted by atomic mass is 19.1. The maximum atomic E-state index is 12.9. The number of likely N-dealkylation sites (N-methyl/N-ethyl adjacent to an activating group) is 1. The molecule has 1 N–H and O–H groups in total. The van der Waals surface area contributed by atoms with E-state index < -0.39 is 11.9 Å². The van der Waals surface area contributed by atoms with Gasteiger partial charge >= 0.3 is 0 Å². The van der Waals surface area contributed by atoms with Gasteiger partial charge in [0, 0.05) is 25.5 Å². The highest BCUT2D eigenvalue weighted by molar-refractivity contribution is 5.97. The molecule has 150 valence electrons. The molecule has 1 amide bonds. The molecular formula is C21H24FNO5. The maximum Gasteiger partial charge on any atom is 0.222 e. The predicted molar refractivity (Wildman–Crippen MR) is 102 cm³/mol. The van der Waals surface area contributed by atoms with Gasteiger partial charge in [0.25, 0.3) is 0 Å². The number of methoxy groups -OCH3 is 2. The number of rotatable bonds is 9. The molecule has 0 radical (unpaired) electrons. The quantitative estimate of drug-likeness (QED) is 0.668. The maximum absolute atomic E-state index is 12.9. The first kappa shape index (κ1) is 21.4. The number of nitrogens with zero attached hydrogens (tertiary/aromatic N) is 1. The molecule has 28 heavy (non-hydrogen) atoms. The van der Waals surface area contributed by atoms with Gasteiger partial charge in [-0.3, -0.25) is 9.59 Å². The molecule has 1 atom stereocenters. The van der Waals surface area contributed by atoms with Crippen LogP contribution >= 0.6 is 0 Å². The molecule has 0 fully saturated rings. The van der Waals surface area contributed by atoms with Gasteiger partial charge in [0.15, 0.2) is 17.3 Å². The normalized spacial score (nSPS) is 11.6. The lowest BCUT2D eigenvalue weighted by Crippen LogP contribution is -2.31. The summed E-state index contributed by atoms with van der Waals surface area (Å²) in [7, 11) is 4.59. The third-order valence-electron chi connectivity index (χ3n) is 4.40. The second-order valence-corrected chi connectivity index (χ2v) is 6.33. The molecule has 0 aliphatic rings. The summed E-state index contributed by atoms with van der Waals surface area (Å²) in [6.45, 7) is 0.0685. The molecule has 0 aliphatic carbocycles. The molecule has 2 aromatic carbocycles. The summed E-state index contributed by atoms with van der Waals surface area (Å²) in [5.74, 6) is 0.105. The van der Waals surface area contributed by atoms with Gasteiger partial charge in [-0.2, -0.15) is 0 Å². The first-order valence-electron chi connectivity index (χ1n) is 8.78. The zero-order valence-electron chi connectivity index (χ0n) is 16.1. The number of hydrogen-bond acceptors (Lipinski definition) is 5. The Hall–Kier alpha value is -2.93. The minimum absolute atomic E-state index is 0.00532. The lowest BCUT2D eigenvalue weighted by Gasteiger charge is -2.21. The Bertz CT molecular complexity index is 822. The summed E-state index contributed by atoms with van der Waals surface area (Å²) < 4.78 is 23.3.